The predicted octanol–water partition coefficient (Wildman–Crippen LogP) is 6.67. The van der Waals surface area contributed by atoms with Crippen LogP contribution in [-0.2, 0) is 10.1 Å². The van der Waals surface area contributed by atoms with Crippen LogP contribution < -0.4 is 0 Å². The molecule has 27 heavy (non-hydrogen) atoms. The van der Waals surface area contributed by atoms with Crippen molar-refractivity contribution in [3.05, 3.63) is 0 Å². The van der Waals surface area contributed by atoms with E-state index >= 15 is 0 Å². The second-order valence-corrected chi connectivity index (χ2v) is 9.86. The molecule has 5 heteroatoms. The first kappa shape index (κ1) is 26.9. The molecule has 0 aromatic rings. The van der Waals surface area contributed by atoms with E-state index in [4.69, 9.17) is 4.55 Å². The smallest absolute Gasteiger partial charge is 0.267 e. The maximum atomic E-state index is 11.1. The molecular formula is C22H46O4S. The third-order valence-electron chi connectivity index (χ3n) is 5.58. The molecule has 2 unspecified atom stereocenters. The lowest BCUT2D eigenvalue weighted by atomic mass is 10.0. The molecule has 0 bridgehead atoms. The van der Waals surface area contributed by atoms with E-state index in [1.165, 1.54) is 57.8 Å². The average Bonchev–Trinajstić information content (AvgIpc) is 2.61. The summed E-state index contributed by atoms with van der Waals surface area (Å²) in [6.07, 6.45) is 19.6. The van der Waals surface area contributed by atoms with Crippen LogP contribution in [0.1, 0.15) is 129 Å². The lowest BCUT2D eigenvalue weighted by molar-refractivity contribution is 0.147. The fraction of sp³-hybridized carbons (Fsp3) is 1.00. The minimum Gasteiger partial charge on any atom is -0.393 e. The Balaban J connectivity index is 3.36. The van der Waals surface area contributed by atoms with Crippen LogP contribution in [0.2, 0.25) is 0 Å². The fourth-order valence-corrected chi connectivity index (χ4v) is 4.57. The van der Waals surface area contributed by atoms with Gasteiger partial charge in [-0.1, -0.05) is 104 Å². The predicted molar refractivity (Wildman–Crippen MR) is 116 cm³/mol. The molecule has 2 N–H and O–H groups in total. The molecule has 0 saturated heterocycles. The Labute approximate surface area is 169 Å². The Hall–Kier alpha value is -0.130. The zero-order valence-electron chi connectivity index (χ0n) is 18.0. The molecule has 0 heterocycles. The monoisotopic (exact) mass is 406 g/mol. The van der Waals surface area contributed by atoms with Gasteiger partial charge in [0.15, 0.2) is 0 Å². The number of rotatable bonds is 20. The molecule has 0 spiro atoms. The lowest BCUT2D eigenvalue weighted by Gasteiger charge is -2.11. The van der Waals surface area contributed by atoms with Gasteiger partial charge in [0, 0.05) is 0 Å². The van der Waals surface area contributed by atoms with Gasteiger partial charge in [-0.05, 0) is 25.7 Å². The normalized spacial score (nSPS) is 14.4. The minimum absolute atomic E-state index is 0.118. The number of aliphatic hydroxyl groups is 1. The Kier molecular flexibility index (Phi) is 17.8. The molecule has 0 aromatic carbocycles. The molecule has 0 radical (unpaired) electrons. The van der Waals surface area contributed by atoms with Crippen LogP contribution >= 0.6 is 0 Å². The van der Waals surface area contributed by atoms with Crippen molar-refractivity contribution in [1.82, 2.24) is 0 Å². The molecule has 0 aliphatic rings. The Morgan fingerprint density at radius 2 is 1.00 bits per heavy atom. The second-order valence-electron chi connectivity index (χ2n) is 8.16. The van der Waals surface area contributed by atoms with Gasteiger partial charge in [-0.25, -0.2) is 0 Å². The number of hydrogen-bond acceptors (Lipinski definition) is 3. The maximum absolute atomic E-state index is 11.1. The quantitative estimate of drug-likeness (QED) is 0.175. The zero-order chi connectivity index (χ0) is 20.4. The second kappa shape index (κ2) is 17.9. The molecule has 0 amide bonds. The van der Waals surface area contributed by atoms with E-state index in [1.807, 2.05) is 0 Å². The van der Waals surface area contributed by atoms with E-state index in [0.717, 1.165) is 44.9 Å². The summed E-state index contributed by atoms with van der Waals surface area (Å²) in [7, 11) is -3.87. The topological polar surface area (TPSA) is 74.6 Å². The summed E-state index contributed by atoms with van der Waals surface area (Å²) in [6, 6.07) is 0. The Morgan fingerprint density at radius 1 is 0.630 bits per heavy atom. The highest BCUT2D eigenvalue weighted by Crippen LogP contribution is 2.17. The zero-order valence-corrected chi connectivity index (χ0v) is 18.8. The highest BCUT2D eigenvalue weighted by Gasteiger charge is 2.19. The van der Waals surface area contributed by atoms with Gasteiger partial charge in [-0.3, -0.25) is 4.55 Å². The Morgan fingerprint density at radius 3 is 1.37 bits per heavy atom. The molecule has 0 fully saturated rings. The van der Waals surface area contributed by atoms with E-state index in [2.05, 4.69) is 6.92 Å². The summed E-state index contributed by atoms with van der Waals surface area (Å²) in [5.41, 5.74) is 0. The van der Waals surface area contributed by atoms with Crippen molar-refractivity contribution >= 4 is 10.1 Å². The van der Waals surface area contributed by atoms with Crippen LogP contribution in [0, 0.1) is 0 Å². The van der Waals surface area contributed by atoms with Crippen molar-refractivity contribution in [2.45, 2.75) is 141 Å². The summed E-state index contributed by atoms with van der Waals surface area (Å²) in [5, 5.41) is 9.45. The molecule has 0 rings (SSSR count). The van der Waals surface area contributed by atoms with Gasteiger partial charge in [0.2, 0.25) is 0 Å². The van der Waals surface area contributed by atoms with Crippen LogP contribution in [-0.4, -0.2) is 29.4 Å². The summed E-state index contributed by atoms with van der Waals surface area (Å²) in [6.45, 7) is 4.05. The average molecular weight is 407 g/mol. The first-order valence-corrected chi connectivity index (χ1v) is 13.1. The molecule has 4 nitrogen and oxygen atoms in total. The van der Waals surface area contributed by atoms with Crippen molar-refractivity contribution in [3.8, 4) is 0 Å². The van der Waals surface area contributed by atoms with Gasteiger partial charge in [0.25, 0.3) is 10.1 Å². The van der Waals surface area contributed by atoms with Crippen molar-refractivity contribution < 1.29 is 18.1 Å². The number of unbranched alkanes of at least 4 members (excludes halogenated alkanes) is 12. The maximum Gasteiger partial charge on any atom is 0.267 e. The third kappa shape index (κ3) is 17.7. The fourth-order valence-electron chi connectivity index (χ4n) is 3.68. The first-order chi connectivity index (χ1) is 12.9. The highest BCUT2D eigenvalue weighted by atomic mass is 32.2. The lowest BCUT2D eigenvalue weighted by Crippen LogP contribution is -2.19. The van der Waals surface area contributed by atoms with Crippen molar-refractivity contribution in [2.24, 2.45) is 0 Å². The van der Waals surface area contributed by atoms with Gasteiger partial charge in [0.05, 0.1) is 11.4 Å². The van der Waals surface area contributed by atoms with Crippen LogP contribution in [0.4, 0.5) is 0 Å². The van der Waals surface area contributed by atoms with Crippen LogP contribution in [0.5, 0.6) is 0 Å². The SMILES string of the molecule is CCCCCCCCCC(O)CCCCCCCCCC(CC)S(=O)(=O)O. The summed E-state index contributed by atoms with van der Waals surface area (Å²) >= 11 is 0. The van der Waals surface area contributed by atoms with Gasteiger partial charge < -0.3 is 5.11 Å². The van der Waals surface area contributed by atoms with Gasteiger partial charge in [-0.15, -0.1) is 0 Å². The standard InChI is InChI=1S/C22H46O4S/c1-3-5-6-7-9-12-15-18-21(23)19-16-13-10-8-11-14-17-20-22(4-2)27(24,25)26/h21-23H,3-20H2,1-2H3,(H,24,25,26). The van der Waals surface area contributed by atoms with Crippen molar-refractivity contribution in [1.29, 1.82) is 0 Å². The van der Waals surface area contributed by atoms with E-state index in [-0.39, 0.29) is 6.10 Å². The van der Waals surface area contributed by atoms with E-state index in [1.54, 1.807) is 6.92 Å². The summed E-state index contributed by atoms with van der Waals surface area (Å²) in [4.78, 5) is 0. The van der Waals surface area contributed by atoms with Crippen LogP contribution in [0.3, 0.4) is 0 Å². The largest absolute Gasteiger partial charge is 0.393 e. The molecule has 0 aromatic heterocycles. The minimum atomic E-state index is -3.87. The van der Waals surface area contributed by atoms with Crippen LogP contribution in [0.15, 0.2) is 0 Å². The molecule has 0 saturated carbocycles. The van der Waals surface area contributed by atoms with E-state index in [0.29, 0.717) is 12.8 Å². The molecule has 2 atom stereocenters. The van der Waals surface area contributed by atoms with Crippen molar-refractivity contribution in [3.63, 3.8) is 0 Å². The summed E-state index contributed by atoms with van der Waals surface area (Å²) in [5.74, 6) is 0. The van der Waals surface area contributed by atoms with Gasteiger partial charge in [-0.2, -0.15) is 8.42 Å². The van der Waals surface area contributed by atoms with Gasteiger partial charge >= 0.3 is 0 Å². The molecule has 0 aliphatic heterocycles. The molecule has 0 aliphatic carbocycles. The van der Waals surface area contributed by atoms with E-state index in [9.17, 15) is 13.5 Å². The Bertz CT molecular complexity index is 409. The number of aliphatic hydroxyl groups excluding tert-OH is 1. The third-order valence-corrected chi connectivity index (χ3v) is 6.99. The van der Waals surface area contributed by atoms with Crippen LogP contribution in [0.25, 0.3) is 0 Å². The molecular weight excluding hydrogens is 360 g/mol. The highest BCUT2D eigenvalue weighted by molar-refractivity contribution is 7.86. The van der Waals surface area contributed by atoms with Gasteiger partial charge in [0.1, 0.15) is 0 Å². The number of hydrogen-bond donors (Lipinski definition) is 2. The van der Waals surface area contributed by atoms with Crippen molar-refractivity contribution in [2.75, 3.05) is 0 Å². The summed E-state index contributed by atoms with van der Waals surface area (Å²) < 4.78 is 31.3. The first-order valence-electron chi connectivity index (χ1n) is 11.6. The molecule has 164 valence electrons. The van der Waals surface area contributed by atoms with E-state index < -0.39 is 15.4 Å².